The Morgan fingerprint density at radius 1 is 1.60 bits per heavy atom. The summed E-state index contributed by atoms with van der Waals surface area (Å²) in [4.78, 5) is 12.0. The second-order valence-electron chi connectivity index (χ2n) is 2.14. The fourth-order valence-electron chi connectivity index (χ4n) is 0.778. The van der Waals surface area contributed by atoms with E-state index in [1.807, 2.05) is 11.8 Å². The zero-order valence-electron chi connectivity index (χ0n) is 6.42. The van der Waals surface area contributed by atoms with E-state index >= 15 is 0 Å². The van der Waals surface area contributed by atoms with Gasteiger partial charge in [0.2, 0.25) is 0 Å². The van der Waals surface area contributed by atoms with Crippen LogP contribution in [0.2, 0.25) is 0 Å². The maximum Gasteiger partial charge on any atom is 0.133 e. The monoisotopic (exact) mass is 145 g/mol. The predicted molar refractivity (Wildman–Crippen MR) is 39.9 cm³/mol. The van der Waals surface area contributed by atoms with Crippen LogP contribution in [0.3, 0.4) is 0 Å². The van der Waals surface area contributed by atoms with E-state index < -0.39 is 0 Å². The number of likely N-dealkylation sites (N-methyl/N-ethyl adjacent to an activating group) is 1. The number of carbonyl (C=O) groups excluding carboxylic acids is 1. The van der Waals surface area contributed by atoms with Gasteiger partial charge >= 0.3 is 0 Å². The molecule has 0 fully saturated rings. The van der Waals surface area contributed by atoms with Crippen molar-refractivity contribution in [2.45, 2.75) is 13.3 Å². The molecular formula is C7H15NO2. The Balaban J connectivity index is 3.29. The summed E-state index contributed by atoms with van der Waals surface area (Å²) >= 11 is 0. The van der Waals surface area contributed by atoms with Gasteiger partial charge in [0.25, 0.3) is 0 Å². The normalized spacial score (nSPS) is 10.3. The number of hydrogen-bond acceptors (Lipinski definition) is 3. The lowest BCUT2D eigenvalue weighted by molar-refractivity contribution is -0.108. The van der Waals surface area contributed by atoms with Gasteiger partial charge in [-0.15, -0.1) is 0 Å². The highest BCUT2D eigenvalue weighted by atomic mass is 16.3. The molecule has 0 atom stereocenters. The molecule has 3 nitrogen and oxygen atoms in total. The first-order valence-electron chi connectivity index (χ1n) is 3.62. The first-order valence-corrected chi connectivity index (χ1v) is 3.62. The van der Waals surface area contributed by atoms with Gasteiger partial charge in [-0.2, -0.15) is 0 Å². The third-order valence-corrected chi connectivity index (χ3v) is 1.41. The Labute approximate surface area is 61.6 Å². The summed E-state index contributed by atoms with van der Waals surface area (Å²) in [6.07, 6.45) is 1.64. The SMILES string of the molecule is CCN(CC=O)CCCO. The molecule has 0 aromatic carbocycles. The van der Waals surface area contributed by atoms with Crippen LogP contribution in [-0.4, -0.2) is 42.5 Å². The molecule has 0 amide bonds. The van der Waals surface area contributed by atoms with E-state index in [0.29, 0.717) is 6.54 Å². The van der Waals surface area contributed by atoms with Gasteiger partial charge in [0.1, 0.15) is 6.29 Å². The predicted octanol–water partition coefficient (Wildman–Crippen LogP) is -0.110. The van der Waals surface area contributed by atoms with Crippen molar-refractivity contribution < 1.29 is 9.90 Å². The molecule has 0 spiro atoms. The van der Waals surface area contributed by atoms with Crippen LogP contribution in [0.5, 0.6) is 0 Å². The van der Waals surface area contributed by atoms with E-state index in [9.17, 15) is 4.79 Å². The number of aliphatic hydroxyl groups excluding tert-OH is 1. The molecule has 0 unspecified atom stereocenters. The molecule has 0 radical (unpaired) electrons. The maximum absolute atomic E-state index is 10.0. The lowest BCUT2D eigenvalue weighted by Gasteiger charge is -2.15. The number of aldehydes is 1. The van der Waals surface area contributed by atoms with Crippen LogP contribution in [0.15, 0.2) is 0 Å². The Morgan fingerprint density at radius 2 is 2.30 bits per heavy atom. The van der Waals surface area contributed by atoms with Gasteiger partial charge in [-0.25, -0.2) is 0 Å². The number of hydrogen-bond donors (Lipinski definition) is 1. The molecule has 0 aliphatic rings. The summed E-state index contributed by atoms with van der Waals surface area (Å²) in [5.74, 6) is 0. The average Bonchev–Trinajstić information content (AvgIpc) is 1.98. The van der Waals surface area contributed by atoms with Crippen LogP contribution >= 0.6 is 0 Å². The third-order valence-electron chi connectivity index (χ3n) is 1.41. The lowest BCUT2D eigenvalue weighted by Crippen LogP contribution is -2.26. The van der Waals surface area contributed by atoms with Crippen molar-refractivity contribution in [2.75, 3.05) is 26.2 Å². The summed E-state index contributed by atoms with van der Waals surface area (Å²) in [5, 5.41) is 8.46. The molecule has 60 valence electrons. The Morgan fingerprint density at radius 3 is 2.70 bits per heavy atom. The van der Waals surface area contributed by atoms with Crippen molar-refractivity contribution in [2.24, 2.45) is 0 Å². The molecule has 0 saturated carbocycles. The van der Waals surface area contributed by atoms with Crippen LogP contribution in [0.25, 0.3) is 0 Å². The van der Waals surface area contributed by atoms with Gasteiger partial charge in [-0.1, -0.05) is 6.92 Å². The first-order chi connectivity index (χ1) is 4.85. The average molecular weight is 145 g/mol. The second kappa shape index (κ2) is 6.71. The molecule has 0 bridgehead atoms. The summed E-state index contributed by atoms with van der Waals surface area (Å²) < 4.78 is 0. The van der Waals surface area contributed by atoms with Crippen molar-refractivity contribution in [3.63, 3.8) is 0 Å². The Bertz CT molecular complexity index is 85.7. The van der Waals surface area contributed by atoms with Crippen molar-refractivity contribution in [3.8, 4) is 0 Å². The Kier molecular flexibility index (Phi) is 6.43. The number of carbonyl (C=O) groups is 1. The lowest BCUT2D eigenvalue weighted by atomic mass is 10.4. The molecule has 3 heteroatoms. The fourth-order valence-corrected chi connectivity index (χ4v) is 0.778. The van der Waals surface area contributed by atoms with Crippen LogP contribution in [0.4, 0.5) is 0 Å². The highest BCUT2D eigenvalue weighted by Gasteiger charge is 1.98. The summed E-state index contributed by atoms with van der Waals surface area (Å²) in [6, 6.07) is 0. The fraction of sp³-hybridized carbons (Fsp3) is 0.857. The second-order valence-corrected chi connectivity index (χ2v) is 2.14. The number of nitrogens with zero attached hydrogens (tertiary/aromatic N) is 1. The van der Waals surface area contributed by atoms with Crippen LogP contribution < -0.4 is 0 Å². The molecule has 1 N–H and O–H groups in total. The third kappa shape index (κ3) is 4.47. The molecule has 0 rings (SSSR count). The smallest absolute Gasteiger partial charge is 0.133 e. The van der Waals surface area contributed by atoms with E-state index in [1.54, 1.807) is 0 Å². The molecule has 0 aromatic rings. The van der Waals surface area contributed by atoms with Gasteiger partial charge in [-0.05, 0) is 13.0 Å². The molecule has 0 saturated heterocycles. The highest BCUT2D eigenvalue weighted by Crippen LogP contribution is 1.87. The maximum atomic E-state index is 10.0. The number of rotatable bonds is 6. The van der Waals surface area contributed by atoms with Gasteiger partial charge in [0.15, 0.2) is 0 Å². The first kappa shape index (κ1) is 9.59. The van der Waals surface area contributed by atoms with Crippen LogP contribution in [-0.2, 0) is 4.79 Å². The highest BCUT2D eigenvalue weighted by molar-refractivity contribution is 5.51. The van der Waals surface area contributed by atoms with Gasteiger partial charge < -0.3 is 9.90 Å². The minimum absolute atomic E-state index is 0.204. The number of aliphatic hydroxyl groups is 1. The van der Waals surface area contributed by atoms with E-state index in [0.717, 1.165) is 25.8 Å². The quantitative estimate of drug-likeness (QED) is 0.530. The summed E-state index contributed by atoms with van der Waals surface area (Å²) in [7, 11) is 0. The van der Waals surface area contributed by atoms with E-state index in [4.69, 9.17) is 5.11 Å². The topological polar surface area (TPSA) is 40.5 Å². The largest absolute Gasteiger partial charge is 0.396 e. The van der Waals surface area contributed by atoms with Crippen LogP contribution in [0, 0.1) is 0 Å². The summed E-state index contributed by atoms with van der Waals surface area (Å²) in [6.45, 7) is 4.37. The zero-order chi connectivity index (χ0) is 7.82. The van der Waals surface area contributed by atoms with Crippen molar-refractivity contribution in [1.29, 1.82) is 0 Å². The van der Waals surface area contributed by atoms with E-state index in [1.165, 1.54) is 0 Å². The molecule has 10 heavy (non-hydrogen) atoms. The van der Waals surface area contributed by atoms with Gasteiger partial charge in [0.05, 0.1) is 6.54 Å². The molecular weight excluding hydrogens is 130 g/mol. The molecule has 0 heterocycles. The van der Waals surface area contributed by atoms with Crippen LogP contribution in [0.1, 0.15) is 13.3 Å². The minimum atomic E-state index is 0.204. The van der Waals surface area contributed by atoms with E-state index in [2.05, 4.69) is 0 Å². The molecule has 0 aromatic heterocycles. The summed E-state index contributed by atoms with van der Waals surface area (Å²) in [5.41, 5.74) is 0. The van der Waals surface area contributed by atoms with Crippen molar-refractivity contribution >= 4 is 6.29 Å². The molecule has 0 aliphatic carbocycles. The molecule has 0 aliphatic heterocycles. The van der Waals surface area contributed by atoms with Crippen molar-refractivity contribution in [1.82, 2.24) is 4.90 Å². The standard InChI is InChI=1S/C7H15NO2/c1-2-8(5-7-10)4-3-6-9/h7,9H,2-6H2,1H3. The Hall–Kier alpha value is -0.410. The van der Waals surface area contributed by atoms with Gasteiger partial charge in [-0.3, -0.25) is 4.90 Å². The van der Waals surface area contributed by atoms with Crippen molar-refractivity contribution in [3.05, 3.63) is 0 Å². The zero-order valence-corrected chi connectivity index (χ0v) is 6.42. The van der Waals surface area contributed by atoms with Gasteiger partial charge in [0, 0.05) is 13.2 Å². The minimum Gasteiger partial charge on any atom is -0.396 e. The van der Waals surface area contributed by atoms with E-state index in [-0.39, 0.29) is 6.61 Å².